The maximum atomic E-state index is 12.0. The van der Waals surface area contributed by atoms with Gasteiger partial charge in [0.2, 0.25) is 0 Å². The van der Waals surface area contributed by atoms with Crippen molar-refractivity contribution in [2.75, 3.05) is 26.7 Å². The standard InChI is InChI=1S/C12H16N4O3/c1-8-5-9(13-19-8)6-15-3-4-16-10(7-15)11(17)14(2)12(16)18/h5,10H,3-4,6-7H2,1-2H3. The molecule has 0 spiro atoms. The van der Waals surface area contributed by atoms with E-state index in [4.69, 9.17) is 4.52 Å². The molecule has 0 radical (unpaired) electrons. The Balaban J connectivity index is 1.69. The molecule has 1 unspecified atom stereocenters. The zero-order valence-electron chi connectivity index (χ0n) is 11.0. The molecule has 1 aromatic rings. The Morgan fingerprint density at radius 2 is 2.21 bits per heavy atom. The van der Waals surface area contributed by atoms with Gasteiger partial charge in [0, 0.05) is 39.3 Å². The highest BCUT2D eigenvalue weighted by Crippen LogP contribution is 2.21. The number of aryl methyl sites for hydroxylation is 1. The normalized spacial score (nSPS) is 24.2. The first kappa shape index (κ1) is 12.2. The van der Waals surface area contributed by atoms with Crippen molar-refractivity contribution in [1.82, 2.24) is 19.9 Å². The van der Waals surface area contributed by atoms with E-state index in [-0.39, 0.29) is 18.0 Å². The van der Waals surface area contributed by atoms with Crippen LogP contribution < -0.4 is 0 Å². The number of amides is 3. The van der Waals surface area contributed by atoms with Gasteiger partial charge in [-0.15, -0.1) is 0 Å². The summed E-state index contributed by atoms with van der Waals surface area (Å²) in [6.07, 6.45) is 0. The highest BCUT2D eigenvalue weighted by Gasteiger charge is 2.45. The fraction of sp³-hybridized carbons (Fsp3) is 0.583. The van der Waals surface area contributed by atoms with Gasteiger partial charge in [0.05, 0.1) is 5.69 Å². The van der Waals surface area contributed by atoms with Gasteiger partial charge in [-0.05, 0) is 6.92 Å². The molecule has 2 saturated heterocycles. The maximum absolute atomic E-state index is 12.0. The van der Waals surface area contributed by atoms with E-state index in [1.807, 2.05) is 13.0 Å². The van der Waals surface area contributed by atoms with Crippen LogP contribution in [0.5, 0.6) is 0 Å². The highest BCUT2D eigenvalue weighted by molar-refractivity contribution is 6.04. The van der Waals surface area contributed by atoms with Crippen molar-refractivity contribution in [3.05, 3.63) is 17.5 Å². The number of hydrogen-bond acceptors (Lipinski definition) is 5. The number of urea groups is 1. The van der Waals surface area contributed by atoms with Crippen LogP contribution in [0.25, 0.3) is 0 Å². The average molecular weight is 264 g/mol. The summed E-state index contributed by atoms with van der Waals surface area (Å²) in [4.78, 5) is 28.7. The van der Waals surface area contributed by atoms with Gasteiger partial charge >= 0.3 is 6.03 Å². The number of fused-ring (bicyclic) bond motifs is 1. The monoisotopic (exact) mass is 264 g/mol. The van der Waals surface area contributed by atoms with Crippen LogP contribution >= 0.6 is 0 Å². The summed E-state index contributed by atoms with van der Waals surface area (Å²) < 4.78 is 5.03. The summed E-state index contributed by atoms with van der Waals surface area (Å²) >= 11 is 0. The minimum Gasteiger partial charge on any atom is -0.361 e. The number of piperazine rings is 1. The number of carbonyl (C=O) groups is 2. The number of rotatable bonds is 2. The minimum absolute atomic E-state index is 0.119. The molecule has 3 rings (SSSR count). The van der Waals surface area contributed by atoms with Crippen LogP contribution in [0, 0.1) is 6.92 Å². The zero-order chi connectivity index (χ0) is 13.6. The molecular weight excluding hydrogens is 248 g/mol. The van der Waals surface area contributed by atoms with Gasteiger partial charge in [-0.1, -0.05) is 5.16 Å². The first-order chi connectivity index (χ1) is 9.06. The number of hydrogen-bond donors (Lipinski definition) is 0. The Morgan fingerprint density at radius 1 is 1.42 bits per heavy atom. The summed E-state index contributed by atoms with van der Waals surface area (Å²) in [5, 5.41) is 3.95. The molecule has 1 atom stereocenters. The first-order valence-corrected chi connectivity index (χ1v) is 6.29. The zero-order valence-corrected chi connectivity index (χ0v) is 11.0. The third kappa shape index (κ3) is 1.99. The van der Waals surface area contributed by atoms with Crippen LogP contribution in [0.15, 0.2) is 10.6 Å². The Labute approximate surface area is 110 Å². The molecule has 7 heteroatoms. The molecule has 3 heterocycles. The summed E-state index contributed by atoms with van der Waals surface area (Å²) in [6.45, 7) is 4.38. The Kier molecular flexibility index (Phi) is 2.78. The van der Waals surface area contributed by atoms with Crippen LogP contribution in [0.3, 0.4) is 0 Å². The molecule has 0 aromatic carbocycles. The lowest BCUT2D eigenvalue weighted by molar-refractivity contribution is -0.128. The lowest BCUT2D eigenvalue weighted by atomic mass is 10.2. The number of nitrogens with zero attached hydrogens (tertiary/aromatic N) is 4. The molecule has 1 aromatic heterocycles. The molecule has 0 saturated carbocycles. The van der Waals surface area contributed by atoms with Crippen LogP contribution in [-0.2, 0) is 11.3 Å². The summed E-state index contributed by atoms with van der Waals surface area (Å²) in [5.74, 6) is 0.659. The van der Waals surface area contributed by atoms with Crippen LogP contribution in [0.1, 0.15) is 11.5 Å². The van der Waals surface area contributed by atoms with Gasteiger partial charge < -0.3 is 9.42 Å². The first-order valence-electron chi connectivity index (χ1n) is 6.29. The molecule has 2 aliphatic rings. The largest absolute Gasteiger partial charge is 0.361 e. The quantitative estimate of drug-likeness (QED) is 0.706. The fourth-order valence-electron chi connectivity index (χ4n) is 2.66. The van der Waals surface area contributed by atoms with Gasteiger partial charge in [0.25, 0.3) is 5.91 Å². The minimum atomic E-state index is -0.348. The molecule has 2 aliphatic heterocycles. The van der Waals surface area contributed by atoms with Gasteiger partial charge in [-0.3, -0.25) is 14.6 Å². The predicted molar refractivity (Wildman–Crippen MR) is 65.2 cm³/mol. The maximum Gasteiger partial charge on any atom is 0.327 e. The molecule has 2 fully saturated rings. The third-order valence-electron chi connectivity index (χ3n) is 3.68. The molecule has 7 nitrogen and oxygen atoms in total. The number of imide groups is 1. The second-order valence-corrected chi connectivity index (χ2v) is 5.05. The smallest absolute Gasteiger partial charge is 0.327 e. The third-order valence-corrected chi connectivity index (χ3v) is 3.68. The van der Waals surface area contributed by atoms with Crippen molar-refractivity contribution < 1.29 is 14.1 Å². The molecule has 0 bridgehead atoms. The number of carbonyl (C=O) groups excluding carboxylic acids is 2. The Bertz CT molecular complexity index is 527. The predicted octanol–water partition coefficient (Wildman–Crippen LogP) is 0.0612. The van der Waals surface area contributed by atoms with Crippen molar-refractivity contribution in [3.63, 3.8) is 0 Å². The second kappa shape index (κ2) is 4.34. The average Bonchev–Trinajstić information content (AvgIpc) is 2.89. The SMILES string of the molecule is Cc1cc(CN2CCN3C(=O)N(C)C(=O)C3C2)no1. The van der Waals surface area contributed by atoms with E-state index < -0.39 is 0 Å². The molecule has 0 aliphatic carbocycles. The second-order valence-electron chi connectivity index (χ2n) is 5.05. The molecule has 3 amide bonds. The van der Waals surface area contributed by atoms with E-state index >= 15 is 0 Å². The van der Waals surface area contributed by atoms with Crippen molar-refractivity contribution in [2.24, 2.45) is 0 Å². The Hall–Kier alpha value is -1.89. The van der Waals surface area contributed by atoms with Gasteiger partial charge in [-0.25, -0.2) is 4.79 Å². The van der Waals surface area contributed by atoms with E-state index in [2.05, 4.69) is 10.1 Å². The van der Waals surface area contributed by atoms with E-state index in [9.17, 15) is 9.59 Å². The van der Waals surface area contributed by atoms with Gasteiger partial charge in [-0.2, -0.15) is 0 Å². The van der Waals surface area contributed by atoms with Crippen molar-refractivity contribution in [3.8, 4) is 0 Å². The summed E-state index contributed by atoms with van der Waals surface area (Å²) in [7, 11) is 1.54. The van der Waals surface area contributed by atoms with Crippen molar-refractivity contribution in [1.29, 1.82) is 0 Å². The van der Waals surface area contributed by atoms with Crippen molar-refractivity contribution >= 4 is 11.9 Å². The van der Waals surface area contributed by atoms with E-state index in [1.165, 1.54) is 11.9 Å². The van der Waals surface area contributed by atoms with E-state index in [0.29, 0.717) is 19.6 Å². The molecule has 19 heavy (non-hydrogen) atoms. The molecule has 102 valence electrons. The number of likely N-dealkylation sites (N-methyl/N-ethyl adjacent to an activating group) is 1. The fourth-order valence-corrected chi connectivity index (χ4v) is 2.66. The van der Waals surface area contributed by atoms with E-state index in [1.54, 1.807) is 4.90 Å². The molecule has 0 N–H and O–H groups in total. The lowest BCUT2D eigenvalue weighted by Crippen LogP contribution is -2.52. The van der Waals surface area contributed by atoms with Crippen LogP contribution in [0.4, 0.5) is 4.79 Å². The van der Waals surface area contributed by atoms with Gasteiger partial charge in [0.1, 0.15) is 11.8 Å². The van der Waals surface area contributed by atoms with Crippen LogP contribution in [0.2, 0.25) is 0 Å². The van der Waals surface area contributed by atoms with Crippen molar-refractivity contribution in [2.45, 2.75) is 19.5 Å². The summed E-state index contributed by atoms with van der Waals surface area (Å²) in [6, 6.07) is 1.35. The van der Waals surface area contributed by atoms with Gasteiger partial charge in [0.15, 0.2) is 0 Å². The Morgan fingerprint density at radius 3 is 2.89 bits per heavy atom. The lowest BCUT2D eigenvalue weighted by Gasteiger charge is -2.34. The summed E-state index contributed by atoms with van der Waals surface area (Å²) in [5.41, 5.74) is 0.857. The van der Waals surface area contributed by atoms with E-state index in [0.717, 1.165) is 18.0 Å². The topological polar surface area (TPSA) is 69.9 Å². The molecular formula is C12H16N4O3. The number of aromatic nitrogens is 1. The highest BCUT2D eigenvalue weighted by atomic mass is 16.5. The van der Waals surface area contributed by atoms with Crippen LogP contribution in [-0.4, -0.2) is 64.5 Å².